The Morgan fingerprint density at radius 1 is 1.24 bits per heavy atom. The molecule has 0 aliphatic heterocycles. The molecule has 0 bridgehead atoms. The third kappa shape index (κ3) is 5.25. The second-order valence-electron chi connectivity index (χ2n) is 3.96. The SMILES string of the molecule is CNC(CCS(C)(=O)=O)c1cc(Cl)cc(Cl)c1. The number of hydrogen-bond acceptors (Lipinski definition) is 3. The predicted octanol–water partition coefficient (Wildman–Crippen LogP) is 2.69. The molecule has 1 rings (SSSR count). The number of sulfone groups is 1. The van der Waals surface area contributed by atoms with Crippen LogP contribution in [-0.4, -0.2) is 27.5 Å². The van der Waals surface area contributed by atoms with Crippen LogP contribution in [0.25, 0.3) is 0 Å². The monoisotopic (exact) mass is 295 g/mol. The van der Waals surface area contributed by atoms with E-state index in [9.17, 15) is 8.42 Å². The van der Waals surface area contributed by atoms with Gasteiger partial charge in [-0.2, -0.15) is 0 Å². The normalized spacial score (nSPS) is 13.6. The molecule has 1 N–H and O–H groups in total. The summed E-state index contributed by atoms with van der Waals surface area (Å²) in [6.45, 7) is 0. The van der Waals surface area contributed by atoms with E-state index in [2.05, 4.69) is 5.32 Å². The van der Waals surface area contributed by atoms with Crippen molar-refractivity contribution in [3.63, 3.8) is 0 Å². The van der Waals surface area contributed by atoms with Crippen LogP contribution in [0.15, 0.2) is 18.2 Å². The summed E-state index contributed by atoms with van der Waals surface area (Å²) in [6, 6.07) is 5.16. The molecule has 0 fully saturated rings. The highest BCUT2D eigenvalue weighted by Gasteiger charge is 2.13. The summed E-state index contributed by atoms with van der Waals surface area (Å²) in [7, 11) is -1.18. The van der Waals surface area contributed by atoms with Gasteiger partial charge in [-0.05, 0) is 37.2 Å². The summed E-state index contributed by atoms with van der Waals surface area (Å²) < 4.78 is 22.3. The largest absolute Gasteiger partial charge is 0.313 e. The molecule has 0 spiro atoms. The lowest BCUT2D eigenvalue weighted by Crippen LogP contribution is -2.19. The molecular weight excluding hydrogens is 281 g/mol. The Morgan fingerprint density at radius 2 is 1.76 bits per heavy atom. The van der Waals surface area contributed by atoms with Crippen LogP contribution in [-0.2, 0) is 9.84 Å². The zero-order valence-corrected chi connectivity index (χ0v) is 12.0. The van der Waals surface area contributed by atoms with E-state index < -0.39 is 9.84 Å². The van der Waals surface area contributed by atoms with Gasteiger partial charge in [0.15, 0.2) is 0 Å². The van der Waals surface area contributed by atoms with Crippen molar-refractivity contribution < 1.29 is 8.42 Å². The van der Waals surface area contributed by atoms with Crippen LogP contribution < -0.4 is 5.32 Å². The van der Waals surface area contributed by atoms with E-state index in [-0.39, 0.29) is 11.8 Å². The second-order valence-corrected chi connectivity index (χ2v) is 7.10. The molecule has 0 heterocycles. The lowest BCUT2D eigenvalue weighted by atomic mass is 10.1. The molecule has 0 aliphatic rings. The first-order valence-electron chi connectivity index (χ1n) is 5.13. The van der Waals surface area contributed by atoms with Crippen molar-refractivity contribution in [3.05, 3.63) is 33.8 Å². The second kappa shape index (κ2) is 6.05. The van der Waals surface area contributed by atoms with Crippen molar-refractivity contribution in [2.45, 2.75) is 12.5 Å². The van der Waals surface area contributed by atoms with Crippen molar-refractivity contribution >= 4 is 33.0 Å². The van der Waals surface area contributed by atoms with E-state index in [1.54, 1.807) is 25.2 Å². The Labute approximate surface area is 112 Å². The first kappa shape index (κ1) is 14.8. The lowest BCUT2D eigenvalue weighted by molar-refractivity contribution is 0.559. The van der Waals surface area contributed by atoms with E-state index in [1.165, 1.54) is 6.26 Å². The average molecular weight is 296 g/mol. The Hall–Kier alpha value is -0.290. The summed E-state index contributed by atoms with van der Waals surface area (Å²) in [5.74, 6) is 0.128. The number of nitrogens with one attached hydrogen (secondary N) is 1. The molecule has 0 saturated heterocycles. The fraction of sp³-hybridized carbons (Fsp3) is 0.455. The molecule has 0 radical (unpaired) electrons. The molecular formula is C11H15Cl2NO2S. The van der Waals surface area contributed by atoms with E-state index in [0.717, 1.165) is 5.56 Å². The smallest absolute Gasteiger partial charge is 0.147 e. The van der Waals surface area contributed by atoms with Gasteiger partial charge in [-0.1, -0.05) is 23.2 Å². The zero-order chi connectivity index (χ0) is 13.1. The molecule has 0 amide bonds. The molecule has 17 heavy (non-hydrogen) atoms. The zero-order valence-electron chi connectivity index (χ0n) is 9.70. The first-order chi connectivity index (χ1) is 7.81. The van der Waals surface area contributed by atoms with Crippen LogP contribution in [0.5, 0.6) is 0 Å². The van der Waals surface area contributed by atoms with Gasteiger partial charge < -0.3 is 5.32 Å². The van der Waals surface area contributed by atoms with Crippen molar-refractivity contribution in [1.29, 1.82) is 0 Å². The van der Waals surface area contributed by atoms with Crippen LogP contribution in [0, 0.1) is 0 Å². The summed E-state index contributed by atoms with van der Waals surface area (Å²) >= 11 is 11.8. The highest BCUT2D eigenvalue weighted by Crippen LogP contribution is 2.25. The minimum Gasteiger partial charge on any atom is -0.313 e. The molecule has 3 nitrogen and oxygen atoms in total. The summed E-state index contributed by atoms with van der Waals surface area (Å²) in [5, 5.41) is 4.16. The highest BCUT2D eigenvalue weighted by atomic mass is 35.5. The summed E-state index contributed by atoms with van der Waals surface area (Å²) in [5.41, 5.74) is 0.897. The Kier molecular flexibility index (Phi) is 5.25. The van der Waals surface area contributed by atoms with Crippen molar-refractivity contribution in [1.82, 2.24) is 5.32 Å². The maximum atomic E-state index is 11.1. The van der Waals surface area contributed by atoms with Gasteiger partial charge in [0.1, 0.15) is 9.84 Å². The minimum absolute atomic E-state index is 0.0686. The van der Waals surface area contributed by atoms with Crippen molar-refractivity contribution in [3.8, 4) is 0 Å². The lowest BCUT2D eigenvalue weighted by Gasteiger charge is -2.16. The highest BCUT2D eigenvalue weighted by molar-refractivity contribution is 7.90. The molecule has 1 atom stereocenters. The van der Waals surface area contributed by atoms with Gasteiger partial charge in [0.25, 0.3) is 0 Å². The molecule has 1 unspecified atom stereocenters. The molecule has 1 aromatic carbocycles. The summed E-state index contributed by atoms with van der Waals surface area (Å²) in [4.78, 5) is 0. The number of benzene rings is 1. The molecule has 96 valence electrons. The van der Waals surface area contributed by atoms with Crippen LogP contribution in [0.3, 0.4) is 0 Å². The standard InChI is InChI=1S/C11H15Cl2NO2S/c1-14-11(3-4-17(2,15)16)8-5-9(12)7-10(13)6-8/h5-7,11,14H,3-4H2,1-2H3. The first-order valence-corrected chi connectivity index (χ1v) is 7.94. The summed E-state index contributed by atoms with van der Waals surface area (Å²) in [6.07, 6.45) is 1.72. The van der Waals surface area contributed by atoms with Crippen LogP contribution in [0.4, 0.5) is 0 Å². The van der Waals surface area contributed by atoms with Gasteiger partial charge in [0, 0.05) is 22.3 Å². The van der Waals surface area contributed by atoms with Gasteiger partial charge in [-0.15, -0.1) is 0 Å². The number of hydrogen-bond donors (Lipinski definition) is 1. The molecule has 0 aromatic heterocycles. The predicted molar refractivity (Wildman–Crippen MR) is 72.6 cm³/mol. The fourth-order valence-corrected chi connectivity index (χ4v) is 2.79. The Morgan fingerprint density at radius 3 is 2.18 bits per heavy atom. The Bertz CT molecular complexity index is 468. The van der Waals surface area contributed by atoms with E-state index in [0.29, 0.717) is 16.5 Å². The van der Waals surface area contributed by atoms with Crippen LogP contribution in [0.1, 0.15) is 18.0 Å². The maximum absolute atomic E-state index is 11.1. The fourth-order valence-electron chi connectivity index (χ4n) is 1.59. The topological polar surface area (TPSA) is 46.2 Å². The number of rotatable bonds is 5. The van der Waals surface area contributed by atoms with Gasteiger partial charge in [-0.25, -0.2) is 8.42 Å². The van der Waals surface area contributed by atoms with Gasteiger partial charge in [-0.3, -0.25) is 0 Å². The number of halogens is 2. The van der Waals surface area contributed by atoms with Crippen molar-refractivity contribution in [2.75, 3.05) is 19.1 Å². The Balaban J connectivity index is 2.86. The van der Waals surface area contributed by atoms with E-state index >= 15 is 0 Å². The van der Waals surface area contributed by atoms with Gasteiger partial charge >= 0.3 is 0 Å². The van der Waals surface area contributed by atoms with Crippen LogP contribution >= 0.6 is 23.2 Å². The molecule has 6 heteroatoms. The van der Waals surface area contributed by atoms with Crippen molar-refractivity contribution in [2.24, 2.45) is 0 Å². The van der Waals surface area contributed by atoms with Gasteiger partial charge in [0.2, 0.25) is 0 Å². The quantitative estimate of drug-likeness (QED) is 0.908. The van der Waals surface area contributed by atoms with Gasteiger partial charge in [0.05, 0.1) is 5.75 Å². The maximum Gasteiger partial charge on any atom is 0.147 e. The average Bonchev–Trinajstić information content (AvgIpc) is 2.15. The third-order valence-corrected chi connectivity index (χ3v) is 3.83. The third-order valence-electron chi connectivity index (χ3n) is 2.41. The van der Waals surface area contributed by atoms with E-state index in [1.807, 2.05) is 0 Å². The van der Waals surface area contributed by atoms with E-state index in [4.69, 9.17) is 23.2 Å². The molecule has 1 aromatic rings. The van der Waals surface area contributed by atoms with Crippen LogP contribution in [0.2, 0.25) is 10.0 Å². The molecule has 0 aliphatic carbocycles. The minimum atomic E-state index is -2.96. The molecule has 0 saturated carbocycles.